The highest BCUT2D eigenvalue weighted by atomic mass is 32.2. The van der Waals surface area contributed by atoms with Crippen LogP contribution in [0.2, 0.25) is 0 Å². The third-order valence-corrected chi connectivity index (χ3v) is 4.36. The van der Waals surface area contributed by atoms with Crippen LogP contribution in [-0.4, -0.2) is 8.42 Å². The van der Waals surface area contributed by atoms with Crippen LogP contribution < -0.4 is 0 Å². The van der Waals surface area contributed by atoms with Crippen LogP contribution in [0.3, 0.4) is 0 Å². The lowest BCUT2D eigenvalue weighted by Gasteiger charge is -2.09. The standard InChI is InChI=1S/C10H9O2S2/c11-14(12)10-5-3-4-9(8-10)13-6-1-2-7-13/h1-3,5-8,13-14H. The molecule has 0 amide bonds. The maximum absolute atomic E-state index is 10.8. The second-order valence-corrected chi connectivity index (χ2v) is 5.70. The average Bonchev–Trinajstić information content (AvgIpc) is 2.71. The number of benzene rings is 1. The van der Waals surface area contributed by atoms with Gasteiger partial charge >= 0.3 is 0 Å². The Morgan fingerprint density at radius 2 is 1.93 bits per heavy atom. The first-order valence-electron chi connectivity index (χ1n) is 4.07. The maximum Gasteiger partial charge on any atom is 0.168 e. The molecular formula is C10H9O2S2. The fraction of sp³-hybridized carbons (Fsp3) is 0. The highest BCUT2D eigenvalue weighted by molar-refractivity contribution is 8.22. The van der Waals surface area contributed by atoms with Crippen LogP contribution in [0.15, 0.2) is 51.0 Å². The van der Waals surface area contributed by atoms with Crippen molar-refractivity contribution in [2.45, 2.75) is 9.79 Å². The lowest BCUT2D eigenvalue weighted by molar-refractivity contribution is 0.614. The van der Waals surface area contributed by atoms with Gasteiger partial charge in [0.1, 0.15) is 0 Å². The van der Waals surface area contributed by atoms with Gasteiger partial charge < -0.3 is 0 Å². The van der Waals surface area contributed by atoms with Crippen LogP contribution in [-0.2, 0) is 10.7 Å². The summed E-state index contributed by atoms with van der Waals surface area (Å²) in [4.78, 5) is 1.33. The summed E-state index contributed by atoms with van der Waals surface area (Å²) >= 11 is 0. The zero-order valence-corrected chi connectivity index (χ0v) is 9.04. The average molecular weight is 225 g/mol. The second kappa shape index (κ2) is 4.02. The number of hydrogen-bond donors (Lipinski definition) is 2. The Kier molecular flexibility index (Phi) is 2.74. The molecule has 4 heteroatoms. The minimum atomic E-state index is -2.48. The van der Waals surface area contributed by atoms with Crippen LogP contribution in [0.5, 0.6) is 0 Å². The number of thiol groups is 2. The fourth-order valence-corrected chi connectivity index (χ4v) is 3.23. The van der Waals surface area contributed by atoms with Crippen molar-refractivity contribution in [2.75, 3.05) is 0 Å². The third-order valence-electron chi connectivity index (χ3n) is 1.86. The molecule has 0 spiro atoms. The summed E-state index contributed by atoms with van der Waals surface area (Å²) in [6.07, 6.45) is 3.95. The van der Waals surface area contributed by atoms with E-state index in [2.05, 4.69) is 16.9 Å². The number of allylic oxidation sites excluding steroid dienone is 2. The molecule has 0 saturated carbocycles. The molecule has 0 saturated heterocycles. The van der Waals surface area contributed by atoms with Crippen LogP contribution >= 0.6 is 10.9 Å². The molecule has 1 aromatic rings. The summed E-state index contributed by atoms with van der Waals surface area (Å²) in [5.74, 6) is 0. The molecule has 0 N–H and O–H groups in total. The topological polar surface area (TPSA) is 34.1 Å². The SMILES string of the molecule is O=[SH](=O)c1cc[c]c([SH]2C=CC=C2)c1. The predicted molar refractivity (Wildman–Crippen MR) is 59.4 cm³/mol. The normalized spacial score (nSPS) is 16.8. The first-order chi connectivity index (χ1) is 6.77. The van der Waals surface area contributed by atoms with E-state index in [1.54, 1.807) is 18.2 Å². The molecule has 0 unspecified atom stereocenters. The number of hydrogen-bond acceptors (Lipinski definition) is 2. The van der Waals surface area contributed by atoms with Gasteiger partial charge in [-0.15, -0.1) is 0 Å². The monoisotopic (exact) mass is 225 g/mol. The van der Waals surface area contributed by atoms with Gasteiger partial charge in [0.15, 0.2) is 10.7 Å². The molecule has 1 aliphatic rings. The minimum absolute atomic E-state index is 0.366. The van der Waals surface area contributed by atoms with E-state index in [1.807, 2.05) is 12.2 Å². The summed E-state index contributed by atoms with van der Waals surface area (Å²) in [6, 6.07) is 7.98. The van der Waals surface area contributed by atoms with Gasteiger partial charge in [-0.1, -0.05) is 18.2 Å². The van der Waals surface area contributed by atoms with Gasteiger partial charge in [-0.05, 0) is 29.0 Å². The fourth-order valence-electron chi connectivity index (χ4n) is 1.20. The molecule has 0 aromatic heterocycles. The molecule has 1 aromatic carbocycles. The maximum atomic E-state index is 10.8. The summed E-state index contributed by atoms with van der Waals surface area (Å²) in [5, 5.41) is 4.14. The first kappa shape index (κ1) is 9.55. The molecular weight excluding hydrogens is 216 g/mol. The van der Waals surface area contributed by atoms with E-state index in [-0.39, 0.29) is 0 Å². The third kappa shape index (κ3) is 1.91. The predicted octanol–water partition coefficient (Wildman–Crippen LogP) is 1.86. The Hall–Kier alpha value is -1.00. The van der Waals surface area contributed by atoms with Crippen molar-refractivity contribution in [2.24, 2.45) is 0 Å². The van der Waals surface area contributed by atoms with Gasteiger partial charge in [0.25, 0.3) is 0 Å². The van der Waals surface area contributed by atoms with Crippen LogP contribution in [0.4, 0.5) is 0 Å². The van der Waals surface area contributed by atoms with E-state index in [0.29, 0.717) is 4.90 Å². The molecule has 1 heterocycles. The Morgan fingerprint density at radius 3 is 2.57 bits per heavy atom. The van der Waals surface area contributed by atoms with Crippen molar-refractivity contribution in [3.63, 3.8) is 0 Å². The quantitative estimate of drug-likeness (QED) is 0.753. The van der Waals surface area contributed by atoms with Crippen LogP contribution in [0.25, 0.3) is 0 Å². The van der Waals surface area contributed by atoms with E-state index in [1.165, 1.54) is 0 Å². The summed E-state index contributed by atoms with van der Waals surface area (Å²) in [5.41, 5.74) is 0. The van der Waals surface area contributed by atoms with Gasteiger partial charge in [0.2, 0.25) is 0 Å². The second-order valence-electron chi connectivity index (χ2n) is 2.78. The molecule has 2 rings (SSSR count). The Labute approximate surface area is 87.3 Å². The molecule has 0 bridgehead atoms. The van der Waals surface area contributed by atoms with Crippen molar-refractivity contribution in [3.05, 3.63) is 47.2 Å². The molecule has 0 fully saturated rings. The minimum Gasteiger partial charge on any atom is -0.227 e. The summed E-state index contributed by atoms with van der Waals surface area (Å²) in [7, 11) is -2.95. The lowest BCUT2D eigenvalue weighted by Crippen LogP contribution is -1.82. The van der Waals surface area contributed by atoms with Crippen LogP contribution in [0, 0.1) is 6.07 Å². The molecule has 1 aliphatic heterocycles. The summed E-state index contributed by atoms with van der Waals surface area (Å²) < 4.78 is 21.5. The zero-order chi connectivity index (χ0) is 9.97. The molecule has 0 atom stereocenters. The molecule has 1 radical (unpaired) electrons. The van der Waals surface area contributed by atoms with Gasteiger partial charge in [-0.3, -0.25) is 0 Å². The van der Waals surface area contributed by atoms with Gasteiger partial charge in [-0.2, -0.15) is 10.9 Å². The van der Waals surface area contributed by atoms with Gasteiger partial charge in [0.05, 0.1) is 4.90 Å². The van der Waals surface area contributed by atoms with E-state index in [0.717, 1.165) is 4.90 Å². The van der Waals surface area contributed by atoms with E-state index in [9.17, 15) is 8.42 Å². The Bertz CT molecular complexity index is 453. The lowest BCUT2D eigenvalue weighted by atomic mass is 10.4. The molecule has 0 aliphatic carbocycles. The zero-order valence-electron chi connectivity index (χ0n) is 7.25. The number of rotatable bonds is 2. The van der Waals surface area contributed by atoms with Crippen molar-refractivity contribution in [3.8, 4) is 0 Å². The highest BCUT2D eigenvalue weighted by Gasteiger charge is 2.04. The van der Waals surface area contributed by atoms with E-state index in [4.69, 9.17) is 0 Å². The largest absolute Gasteiger partial charge is 0.227 e. The van der Waals surface area contributed by atoms with Crippen molar-refractivity contribution in [1.82, 2.24) is 0 Å². The highest BCUT2D eigenvalue weighted by Crippen LogP contribution is 2.41. The van der Waals surface area contributed by atoms with Crippen LogP contribution in [0.1, 0.15) is 0 Å². The van der Waals surface area contributed by atoms with Gasteiger partial charge in [0, 0.05) is 4.90 Å². The molecule has 2 nitrogen and oxygen atoms in total. The Balaban J connectivity index is 2.39. The van der Waals surface area contributed by atoms with Crippen molar-refractivity contribution >= 4 is 21.6 Å². The van der Waals surface area contributed by atoms with E-state index >= 15 is 0 Å². The van der Waals surface area contributed by atoms with Crippen molar-refractivity contribution < 1.29 is 8.42 Å². The molecule has 14 heavy (non-hydrogen) atoms. The first-order valence-corrected chi connectivity index (χ1v) is 6.72. The summed E-state index contributed by atoms with van der Waals surface area (Å²) in [6.45, 7) is 0. The Morgan fingerprint density at radius 1 is 1.21 bits per heavy atom. The van der Waals surface area contributed by atoms with Gasteiger partial charge in [-0.25, -0.2) is 8.42 Å². The molecule has 73 valence electrons. The van der Waals surface area contributed by atoms with Crippen molar-refractivity contribution in [1.29, 1.82) is 0 Å². The van der Waals surface area contributed by atoms with E-state index < -0.39 is 21.6 Å². The smallest absolute Gasteiger partial charge is 0.168 e.